The van der Waals surface area contributed by atoms with Crippen molar-refractivity contribution in [3.8, 4) is 0 Å². The zero-order chi connectivity index (χ0) is 20.4. The maximum absolute atomic E-state index is 12.7. The molecule has 2 N–H and O–H groups in total. The van der Waals surface area contributed by atoms with E-state index in [9.17, 15) is 9.59 Å². The van der Waals surface area contributed by atoms with Crippen molar-refractivity contribution in [3.05, 3.63) is 12.2 Å². The summed E-state index contributed by atoms with van der Waals surface area (Å²) < 4.78 is 0. The number of hydrogen-bond acceptors (Lipinski definition) is 4. The number of nitrogens with one attached hydrogen (secondary N) is 2. The van der Waals surface area contributed by atoms with E-state index in [0.717, 1.165) is 25.5 Å². The molecule has 4 aliphatic rings. The standard InChI is InChI=1S/C22H35N5O2.HI/c1-15(14-26-9-4-3-5-10-26)13-25-22(23-2)24-8-11-27-20(28)18-16-6-7-17(12-16)19(18)21(27)29;/h6-7,15-19H,3-5,8-14H2,1-2H3,(H2,23,24,25);1H. The molecule has 5 unspecified atom stereocenters. The van der Waals surface area contributed by atoms with E-state index >= 15 is 0 Å². The molecule has 2 aliphatic heterocycles. The lowest BCUT2D eigenvalue weighted by Crippen LogP contribution is -2.45. The van der Waals surface area contributed by atoms with Crippen molar-refractivity contribution in [2.24, 2.45) is 34.6 Å². The lowest BCUT2D eigenvalue weighted by atomic mass is 9.85. The third kappa shape index (κ3) is 4.84. The Balaban J connectivity index is 0.00000256. The van der Waals surface area contributed by atoms with Gasteiger partial charge in [0.2, 0.25) is 11.8 Å². The predicted octanol–water partition coefficient (Wildman–Crippen LogP) is 1.70. The Hall–Kier alpha value is -1.16. The summed E-state index contributed by atoms with van der Waals surface area (Å²) in [6.07, 6.45) is 9.24. The van der Waals surface area contributed by atoms with Crippen LogP contribution < -0.4 is 10.6 Å². The molecule has 2 heterocycles. The lowest BCUT2D eigenvalue weighted by Gasteiger charge is -2.29. The molecule has 0 aromatic rings. The van der Waals surface area contributed by atoms with Crippen LogP contribution in [0.2, 0.25) is 0 Å². The first-order chi connectivity index (χ1) is 14.1. The highest BCUT2D eigenvalue weighted by molar-refractivity contribution is 14.0. The molecule has 3 fully saturated rings. The third-order valence-electron chi connectivity index (χ3n) is 7.05. The number of halogens is 1. The highest BCUT2D eigenvalue weighted by atomic mass is 127. The minimum Gasteiger partial charge on any atom is -0.356 e. The molecule has 2 aliphatic carbocycles. The molecule has 30 heavy (non-hydrogen) atoms. The van der Waals surface area contributed by atoms with Gasteiger partial charge in [-0.3, -0.25) is 19.5 Å². The number of carbonyl (C=O) groups excluding carboxylic acids is 2. The number of aliphatic imine (C=N–C) groups is 1. The van der Waals surface area contributed by atoms with Crippen LogP contribution in [0.25, 0.3) is 0 Å². The normalized spacial score (nSPS) is 31.7. The van der Waals surface area contributed by atoms with Crippen molar-refractivity contribution in [2.45, 2.75) is 32.6 Å². The number of hydrogen-bond donors (Lipinski definition) is 2. The van der Waals surface area contributed by atoms with E-state index < -0.39 is 0 Å². The molecule has 1 saturated carbocycles. The number of guanidine groups is 1. The predicted molar refractivity (Wildman–Crippen MR) is 129 cm³/mol. The van der Waals surface area contributed by atoms with E-state index in [0.29, 0.717) is 19.0 Å². The van der Waals surface area contributed by atoms with E-state index in [1.807, 2.05) is 0 Å². The Labute approximate surface area is 197 Å². The fraction of sp³-hybridized carbons (Fsp3) is 0.773. The first kappa shape index (κ1) is 23.5. The van der Waals surface area contributed by atoms with Crippen molar-refractivity contribution < 1.29 is 9.59 Å². The summed E-state index contributed by atoms with van der Waals surface area (Å²) in [5.41, 5.74) is 0. The maximum Gasteiger partial charge on any atom is 0.233 e. The average molecular weight is 529 g/mol. The Morgan fingerprint density at radius 2 is 1.73 bits per heavy atom. The number of amides is 2. The number of allylic oxidation sites excluding steroid dienone is 2. The fourth-order valence-electron chi connectivity index (χ4n) is 5.61. The number of nitrogens with zero attached hydrogens (tertiary/aromatic N) is 3. The van der Waals surface area contributed by atoms with Gasteiger partial charge < -0.3 is 15.5 Å². The number of carbonyl (C=O) groups is 2. The second-order valence-corrected chi connectivity index (χ2v) is 9.17. The zero-order valence-corrected chi connectivity index (χ0v) is 20.5. The average Bonchev–Trinajstić information content (AvgIpc) is 3.40. The first-order valence-corrected chi connectivity index (χ1v) is 11.3. The summed E-state index contributed by atoms with van der Waals surface area (Å²) in [6.45, 7) is 7.60. The van der Waals surface area contributed by atoms with Gasteiger partial charge in [0.1, 0.15) is 0 Å². The molecule has 0 spiro atoms. The Bertz CT molecular complexity index is 661. The SMILES string of the molecule is CN=C(NCCN1C(=O)C2C3C=CC(C3)C2C1=O)NCC(C)CN1CCCCC1.I. The summed E-state index contributed by atoms with van der Waals surface area (Å²) in [5, 5.41) is 6.65. The third-order valence-corrected chi connectivity index (χ3v) is 7.05. The quantitative estimate of drug-likeness (QED) is 0.173. The van der Waals surface area contributed by atoms with Crippen molar-refractivity contribution >= 4 is 41.8 Å². The van der Waals surface area contributed by atoms with Crippen molar-refractivity contribution in [3.63, 3.8) is 0 Å². The van der Waals surface area contributed by atoms with Gasteiger partial charge in [0.25, 0.3) is 0 Å². The van der Waals surface area contributed by atoms with Crippen molar-refractivity contribution in [1.29, 1.82) is 0 Å². The van der Waals surface area contributed by atoms with Crippen LogP contribution in [0.15, 0.2) is 17.1 Å². The van der Waals surface area contributed by atoms with Gasteiger partial charge in [-0.05, 0) is 50.1 Å². The molecule has 8 heteroatoms. The maximum atomic E-state index is 12.7. The van der Waals surface area contributed by atoms with Crippen LogP contribution in [-0.2, 0) is 9.59 Å². The Morgan fingerprint density at radius 1 is 1.10 bits per heavy atom. The molecule has 5 atom stereocenters. The van der Waals surface area contributed by atoms with Gasteiger partial charge >= 0.3 is 0 Å². The van der Waals surface area contributed by atoms with Crippen LogP contribution in [0.1, 0.15) is 32.6 Å². The van der Waals surface area contributed by atoms with Gasteiger partial charge in [-0.25, -0.2) is 0 Å². The van der Waals surface area contributed by atoms with Gasteiger partial charge in [0.05, 0.1) is 11.8 Å². The number of rotatable bonds is 7. The Kier molecular flexibility index (Phi) is 8.17. The minimum atomic E-state index is -0.106. The van der Waals surface area contributed by atoms with Crippen LogP contribution in [-0.4, -0.2) is 73.9 Å². The molecule has 2 amide bonds. The first-order valence-electron chi connectivity index (χ1n) is 11.3. The fourth-order valence-corrected chi connectivity index (χ4v) is 5.61. The van der Waals surface area contributed by atoms with Gasteiger partial charge in [0.15, 0.2) is 5.96 Å². The van der Waals surface area contributed by atoms with Crippen LogP contribution in [0, 0.1) is 29.6 Å². The lowest BCUT2D eigenvalue weighted by molar-refractivity contribution is -0.140. The second kappa shape index (κ2) is 10.4. The smallest absolute Gasteiger partial charge is 0.233 e. The number of fused-ring (bicyclic) bond motifs is 5. The largest absolute Gasteiger partial charge is 0.356 e. The van der Waals surface area contributed by atoms with Crippen LogP contribution in [0.4, 0.5) is 0 Å². The van der Waals surface area contributed by atoms with Crippen LogP contribution in [0.5, 0.6) is 0 Å². The van der Waals surface area contributed by atoms with Gasteiger partial charge in [-0.15, -0.1) is 24.0 Å². The van der Waals surface area contributed by atoms with E-state index in [1.54, 1.807) is 7.05 Å². The molecule has 0 radical (unpaired) electrons. The van der Waals surface area contributed by atoms with Gasteiger partial charge in [-0.2, -0.15) is 0 Å². The topological polar surface area (TPSA) is 77.0 Å². The van der Waals surface area contributed by atoms with E-state index in [4.69, 9.17) is 0 Å². The van der Waals surface area contributed by atoms with Crippen molar-refractivity contribution in [1.82, 2.24) is 20.4 Å². The molecule has 4 rings (SSSR count). The van der Waals surface area contributed by atoms with Crippen LogP contribution in [0.3, 0.4) is 0 Å². The zero-order valence-electron chi connectivity index (χ0n) is 18.2. The van der Waals surface area contributed by atoms with E-state index in [1.165, 1.54) is 37.3 Å². The number of imide groups is 1. The van der Waals surface area contributed by atoms with E-state index in [-0.39, 0.29) is 59.5 Å². The highest BCUT2D eigenvalue weighted by Gasteiger charge is 2.58. The second-order valence-electron chi connectivity index (χ2n) is 9.17. The van der Waals surface area contributed by atoms with Crippen LogP contribution >= 0.6 is 24.0 Å². The molecule has 2 saturated heterocycles. The molecule has 168 valence electrons. The summed E-state index contributed by atoms with van der Waals surface area (Å²) in [7, 11) is 1.75. The molecule has 0 aromatic carbocycles. The minimum absolute atomic E-state index is 0. The van der Waals surface area contributed by atoms with Crippen molar-refractivity contribution in [2.75, 3.05) is 46.3 Å². The molecular weight excluding hydrogens is 493 g/mol. The molecule has 2 bridgehead atoms. The Morgan fingerprint density at radius 3 is 2.33 bits per heavy atom. The molecule has 7 nitrogen and oxygen atoms in total. The number of piperidine rings is 1. The molecular formula is C22H36IN5O2. The monoisotopic (exact) mass is 529 g/mol. The van der Waals surface area contributed by atoms with Gasteiger partial charge in [0, 0.05) is 33.2 Å². The summed E-state index contributed by atoms with van der Waals surface area (Å²) in [5.74, 6) is 1.65. The summed E-state index contributed by atoms with van der Waals surface area (Å²) in [4.78, 5) is 33.8. The summed E-state index contributed by atoms with van der Waals surface area (Å²) >= 11 is 0. The highest BCUT2D eigenvalue weighted by Crippen LogP contribution is 2.52. The molecule has 0 aromatic heterocycles. The summed E-state index contributed by atoms with van der Waals surface area (Å²) in [6, 6.07) is 0. The van der Waals surface area contributed by atoms with E-state index in [2.05, 4.69) is 39.6 Å². The number of likely N-dealkylation sites (tertiary alicyclic amines) is 2. The van der Waals surface area contributed by atoms with Gasteiger partial charge in [-0.1, -0.05) is 25.5 Å².